The minimum absolute atomic E-state index is 0.0946. The number of aliphatic carboxylic acids is 1. The maximum absolute atomic E-state index is 12.2. The summed E-state index contributed by atoms with van der Waals surface area (Å²) < 4.78 is 29.6. The molecule has 0 bridgehead atoms. The van der Waals surface area contributed by atoms with Crippen LogP contribution in [-0.4, -0.2) is 43.1 Å². The molecule has 0 fully saturated rings. The highest BCUT2D eigenvalue weighted by Gasteiger charge is 2.23. The maximum Gasteiger partial charge on any atom is 0.326 e. The van der Waals surface area contributed by atoms with Gasteiger partial charge in [0.15, 0.2) is 0 Å². The lowest BCUT2D eigenvalue weighted by Crippen LogP contribution is -2.42. The molecule has 3 N–H and O–H groups in total. The van der Waals surface area contributed by atoms with Gasteiger partial charge in [-0.3, -0.25) is 4.79 Å². The Kier molecular flexibility index (Phi) is 7.53. The van der Waals surface area contributed by atoms with E-state index in [-0.39, 0.29) is 13.0 Å². The molecule has 0 aliphatic carbocycles. The van der Waals surface area contributed by atoms with Crippen LogP contribution in [0.25, 0.3) is 0 Å². The zero-order valence-corrected chi connectivity index (χ0v) is 13.1. The summed E-state index contributed by atoms with van der Waals surface area (Å²) in [6.45, 7) is 0.156. The van der Waals surface area contributed by atoms with E-state index in [1.165, 1.54) is 7.11 Å². The van der Waals surface area contributed by atoms with Crippen molar-refractivity contribution in [3.05, 3.63) is 23.2 Å². The number of ether oxygens (including phenoxy) is 1. The number of benzene rings is 1. The van der Waals surface area contributed by atoms with Gasteiger partial charge < -0.3 is 20.5 Å². The Morgan fingerprint density at radius 3 is 2.65 bits per heavy atom. The molecule has 0 spiro atoms. The number of halogens is 3. The normalized spacial score (nSPS) is 11.9. The number of carboxylic acids is 1. The third-order valence-corrected chi connectivity index (χ3v) is 3.11. The number of rotatable bonds is 9. The lowest BCUT2D eigenvalue weighted by molar-refractivity contribution is -0.143. The van der Waals surface area contributed by atoms with E-state index in [1.54, 1.807) is 18.2 Å². The van der Waals surface area contributed by atoms with Crippen LogP contribution in [-0.2, 0) is 9.59 Å². The zero-order chi connectivity index (χ0) is 17.4. The highest BCUT2D eigenvalue weighted by Crippen LogP contribution is 2.27. The van der Waals surface area contributed by atoms with E-state index in [0.717, 1.165) is 0 Å². The molecule has 0 aliphatic heterocycles. The van der Waals surface area contributed by atoms with Crippen LogP contribution in [0, 0.1) is 0 Å². The van der Waals surface area contributed by atoms with E-state index in [2.05, 4.69) is 10.6 Å². The first-order chi connectivity index (χ1) is 10.8. The van der Waals surface area contributed by atoms with E-state index >= 15 is 0 Å². The molecule has 6 nitrogen and oxygen atoms in total. The van der Waals surface area contributed by atoms with Gasteiger partial charge in [0, 0.05) is 24.4 Å². The lowest BCUT2D eigenvalue weighted by atomic mass is 10.2. The summed E-state index contributed by atoms with van der Waals surface area (Å²) in [6, 6.07) is 3.28. The SMILES string of the molecule is COc1ccc(Cl)cc1NCCC(=O)NC(CC(F)F)C(=O)O. The van der Waals surface area contributed by atoms with Crippen LogP contribution in [0.3, 0.4) is 0 Å². The molecule has 128 valence electrons. The Morgan fingerprint density at radius 2 is 2.09 bits per heavy atom. The third-order valence-electron chi connectivity index (χ3n) is 2.88. The van der Waals surface area contributed by atoms with Crippen molar-refractivity contribution in [1.29, 1.82) is 0 Å². The molecule has 0 saturated carbocycles. The minimum atomic E-state index is -2.81. The average molecular weight is 351 g/mol. The largest absolute Gasteiger partial charge is 0.495 e. The first-order valence-corrected chi connectivity index (χ1v) is 7.09. The Morgan fingerprint density at radius 1 is 1.39 bits per heavy atom. The van der Waals surface area contributed by atoms with Crippen molar-refractivity contribution >= 4 is 29.2 Å². The van der Waals surface area contributed by atoms with Crippen LogP contribution >= 0.6 is 11.6 Å². The van der Waals surface area contributed by atoms with Gasteiger partial charge in [0.1, 0.15) is 11.8 Å². The summed E-state index contributed by atoms with van der Waals surface area (Å²) in [6.07, 6.45) is -3.84. The van der Waals surface area contributed by atoms with E-state index in [4.69, 9.17) is 21.4 Å². The van der Waals surface area contributed by atoms with E-state index in [1.807, 2.05) is 0 Å². The van der Waals surface area contributed by atoms with Gasteiger partial charge in [-0.05, 0) is 18.2 Å². The number of hydrogen-bond acceptors (Lipinski definition) is 4. The number of anilines is 1. The Bertz CT molecular complexity index is 558. The Labute approximate surface area is 136 Å². The van der Waals surface area contributed by atoms with Crippen molar-refractivity contribution in [3.63, 3.8) is 0 Å². The van der Waals surface area contributed by atoms with E-state index in [9.17, 15) is 18.4 Å². The van der Waals surface area contributed by atoms with Crippen LogP contribution in [0.1, 0.15) is 12.8 Å². The van der Waals surface area contributed by atoms with Crippen molar-refractivity contribution < 1.29 is 28.2 Å². The fourth-order valence-corrected chi connectivity index (χ4v) is 1.97. The molecule has 9 heteroatoms. The number of hydrogen-bond donors (Lipinski definition) is 3. The maximum atomic E-state index is 12.2. The fraction of sp³-hybridized carbons (Fsp3) is 0.429. The Balaban J connectivity index is 2.50. The van der Waals surface area contributed by atoms with E-state index < -0.39 is 30.8 Å². The molecule has 1 atom stereocenters. The van der Waals surface area contributed by atoms with Crippen LogP contribution in [0.4, 0.5) is 14.5 Å². The average Bonchev–Trinajstić information content (AvgIpc) is 2.46. The van der Waals surface area contributed by atoms with Gasteiger partial charge in [0.05, 0.1) is 12.8 Å². The predicted octanol–water partition coefficient (Wildman–Crippen LogP) is 2.38. The number of carboxylic acid groups (broad SMARTS) is 1. The van der Waals surface area contributed by atoms with Crippen molar-refractivity contribution in [1.82, 2.24) is 5.32 Å². The quantitative estimate of drug-likeness (QED) is 0.636. The number of methoxy groups -OCH3 is 1. The monoisotopic (exact) mass is 350 g/mol. The fourth-order valence-electron chi connectivity index (χ4n) is 1.80. The molecule has 0 radical (unpaired) electrons. The van der Waals surface area contributed by atoms with Gasteiger partial charge >= 0.3 is 5.97 Å². The molecule has 1 unspecified atom stereocenters. The summed E-state index contributed by atoms with van der Waals surface area (Å²) in [5.74, 6) is -1.62. The summed E-state index contributed by atoms with van der Waals surface area (Å²) >= 11 is 5.86. The molecular weight excluding hydrogens is 334 g/mol. The number of alkyl halides is 2. The van der Waals surface area contributed by atoms with Crippen molar-refractivity contribution in [3.8, 4) is 5.75 Å². The Hall–Kier alpha value is -2.09. The first kappa shape index (κ1) is 19.0. The van der Waals surface area contributed by atoms with Gasteiger partial charge in [0.2, 0.25) is 12.3 Å². The van der Waals surface area contributed by atoms with Crippen LogP contribution in [0.5, 0.6) is 5.75 Å². The molecule has 0 heterocycles. The van der Waals surface area contributed by atoms with Gasteiger partial charge in [-0.2, -0.15) is 0 Å². The topological polar surface area (TPSA) is 87.7 Å². The molecule has 0 aromatic heterocycles. The second-order valence-electron chi connectivity index (χ2n) is 4.61. The second kappa shape index (κ2) is 9.14. The van der Waals surface area contributed by atoms with Crippen LogP contribution in [0.15, 0.2) is 18.2 Å². The summed E-state index contributed by atoms with van der Waals surface area (Å²) in [4.78, 5) is 22.4. The molecule has 0 saturated heterocycles. The highest BCUT2D eigenvalue weighted by molar-refractivity contribution is 6.30. The predicted molar refractivity (Wildman–Crippen MR) is 81.3 cm³/mol. The molecule has 1 amide bonds. The van der Waals surface area contributed by atoms with Crippen LogP contribution in [0.2, 0.25) is 5.02 Å². The van der Waals surface area contributed by atoms with Crippen molar-refractivity contribution in [2.75, 3.05) is 19.0 Å². The first-order valence-electron chi connectivity index (χ1n) is 6.71. The van der Waals surface area contributed by atoms with Crippen molar-refractivity contribution in [2.45, 2.75) is 25.3 Å². The second-order valence-corrected chi connectivity index (χ2v) is 5.04. The number of nitrogens with one attached hydrogen (secondary N) is 2. The minimum Gasteiger partial charge on any atom is -0.495 e. The molecule has 1 aromatic rings. The van der Waals surface area contributed by atoms with Crippen molar-refractivity contribution in [2.24, 2.45) is 0 Å². The van der Waals surface area contributed by atoms with E-state index in [0.29, 0.717) is 16.5 Å². The van der Waals surface area contributed by atoms with Crippen LogP contribution < -0.4 is 15.4 Å². The van der Waals surface area contributed by atoms with Gasteiger partial charge in [0.25, 0.3) is 0 Å². The summed E-state index contributed by atoms with van der Waals surface area (Å²) in [7, 11) is 1.48. The number of carbonyl (C=O) groups excluding carboxylic acids is 1. The summed E-state index contributed by atoms with van der Waals surface area (Å²) in [5, 5.41) is 14.2. The lowest BCUT2D eigenvalue weighted by Gasteiger charge is -2.15. The summed E-state index contributed by atoms with van der Waals surface area (Å²) in [5.41, 5.74) is 0.565. The molecule has 0 aliphatic rings. The number of carbonyl (C=O) groups is 2. The smallest absolute Gasteiger partial charge is 0.326 e. The number of amides is 1. The zero-order valence-electron chi connectivity index (χ0n) is 12.3. The highest BCUT2D eigenvalue weighted by atomic mass is 35.5. The molecule has 23 heavy (non-hydrogen) atoms. The van der Waals surface area contributed by atoms with Gasteiger partial charge in [-0.15, -0.1) is 0 Å². The third kappa shape index (κ3) is 6.68. The molecule has 1 rings (SSSR count). The van der Waals surface area contributed by atoms with Gasteiger partial charge in [-0.25, -0.2) is 13.6 Å². The molecular formula is C14H17ClF2N2O4. The van der Waals surface area contributed by atoms with Gasteiger partial charge in [-0.1, -0.05) is 11.6 Å². The molecule has 1 aromatic carbocycles. The standard InChI is InChI=1S/C14H17ClF2N2O4/c1-23-11-3-2-8(15)6-9(11)18-5-4-13(20)19-10(14(21)22)7-12(16)17/h2-3,6,10,12,18H,4-5,7H2,1H3,(H,19,20)(H,21,22).